The second-order valence-electron chi connectivity index (χ2n) is 5.08. The Hall–Kier alpha value is -2.48. The second kappa shape index (κ2) is 5.25. The molecule has 98 valence electrons. The predicted molar refractivity (Wildman–Crippen MR) is 79.7 cm³/mol. The van der Waals surface area contributed by atoms with Gasteiger partial charge in [0.15, 0.2) is 24.8 Å². The van der Waals surface area contributed by atoms with Gasteiger partial charge in [0.1, 0.15) is 14.1 Å². The van der Waals surface area contributed by atoms with Gasteiger partial charge in [-0.1, -0.05) is 24.3 Å². The first kappa shape index (κ1) is 12.5. The molecule has 1 aromatic carbocycles. The fourth-order valence-electron chi connectivity index (χ4n) is 2.24. The Morgan fingerprint density at radius 1 is 0.450 bits per heavy atom. The molecular weight excluding hydrogens is 244 g/mol. The van der Waals surface area contributed by atoms with E-state index >= 15 is 0 Å². The highest BCUT2D eigenvalue weighted by Crippen LogP contribution is 2.23. The summed E-state index contributed by atoms with van der Waals surface area (Å²) in [5.74, 6) is 0. The summed E-state index contributed by atoms with van der Waals surface area (Å²) in [7, 11) is 4.06. The molecule has 0 aliphatic carbocycles. The first-order chi connectivity index (χ1) is 9.72. The molecule has 0 spiro atoms. The average molecular weight is 262 g/mol. The highest BCUT2D eigenvalue weighted by Gasteiger charge is 2.02. The van der Waals surface area contributed by atoms with Gasteiger partial charge in [0.25, 0.3) is 0 Å². The van der Waals surface area contributed by atoms with Gasteiger partial charge in [-0.3, -0.25) is 0 Å². The molecule has 0 saturated heterocycles. The second-order valence-corrected chi connectivity index (χ2v) is 5.08. The highest BCUT2D eigenvalue weighted by atomic mass is 14.9. The fraction of sp³-hybridized carbons (Fsp3) is 0.111. The molecule has 0 radical (unpaired) electrons. The van der Waals surface area contributed by atoms with Crippen LogP contribution >= 0.6 is 0 Å². The van der Waals surface area contributed by atoms with Crippen LogP contribution in [0.1, 0.15) is 0 Å². The molecule has 0 atom stereocenters. The molecule has 0 aliphatic rings. The fourth-order valence-corrected chi connectivity index (χ4v) is 2.24. The van der Waals surface area contributed by atoms with Crippen molar-refractivity contribution < 1.29 is 9.13 Å². The zero-order valence-electron chi connectivity index (χ0n) is 11.8. The van der Waals surface area contributed by atoms with Crippen molar-refractivity contribution in [2.45, 2.75) is 0 Å². The number of benzene rings is 1. The molecular formula is C18H18N2+2. The monoisotopic (exact) mass is 262 g/mol. The summed E-state index contributed by atoms with van der Waals surface area (Å²) in [5.41, 5.74) is 4.98. The van der Waals surface area contributed by atoms with E-state index in [1.54, 1.807) is 0 Å². The average Bonchev–Trinajstić information content (AvgIpc) is 2.49. The number of nitrogens with zero attached hydrogens (tertiary/aromatic N) is 2. The van der Waals surface area contributed by atoms with Crippen LogP contribution in [0.5, 0.6) is 0 Å². The molecule has 0 bridgehead atoms. The van der Waals surface area contributed by atoms with Crippen LogP contribution in [0.15, 0.2) is 73.3 Å². The van der Waals surface area contributed by atoms with Crippen molar-refractivity contribution in [2.24, 2.45) is 14.1 Å². The van der Waals surface area contributed by atoms with Crippen LogP contribution in [0.4, 0.5) is 0 Å². The molecule has 3 aromatic rings. The maximum absolute atomic E-state index is 2.18. The van der Waals surface area contributed by atoms with Gasteiger partial charge in [-0.15, -0.1) is 0 Å². The smallest absolute Gasteiger partial charge is 0.169 e. The summed E-state index contributed by atoms with van der Waals surface area (Å²) in [6, 6.07) is 17.3. The Morgan fingerprint density at radius 3 is 1.00 bits per heavy atom. The summed E-state index contributed by atoms with van der Waals surface area (Å²) in [4.78, 5) is 0. The third-order valence-corrected chi connectivity index (χ3v) is 3.51. The van der Waals surface area contributed by atoms with E-state index in [-0.39, 0.29) is 0 Å². The Bertz CT molecular complexity index is 631. The van der Waals surface area contributed by atoms with E-state index in [4.69, 9.17) is 0 Å². The van der Waals surface area contributed by atoms with Crippen LogP contribution in [-0.2, 0) is 14.1 Å². The van der Waals surface area contributed by atoms with Crippen molar-refractivity contribution in [1.82, 2.24) is 0 Å². The third-order valence-electron chi connectivity index (χ3n) is 3.51. The van der Waals surface area contributed by atoms with Gasteiger partial charge >= 0.3 is 0 Å². The van der Waals surface area contributed by atoms with Gasteiger partial charge in [-0.25, -0.2) is 9.13 Å². The van der Waals surface area contributed by atoms with Crippen LogP contribution < -0.4 is 9.13 Å². The van der Waals surface area contributed by atoms with E-state index in [1.165, 1.54) is 22.3 Å². The van der Waals surface area contributed by atoms with Crippen molar-refractivity contribution in [2.75, 3.05) is 0 Å². The Labute approximate surface area is 119 Å². The molecule has 3 rings (SSSR count). The first-order valence-corrected chi connectivity index (χ1v) is 6.74. The predicted octanol–water partition coefficient (Wildman–Crippen LogP) is 2.67. The van der Waals surface area contributed by atoms with E-state index in [0.717, 1.165) is 0 Å². The lowest BCUT2D eigenvalue weighted by atomic mass is 10.0. The number of hydrogen-bond donors (Lipinski definition) is 0. The minimum atomic E-state index is 1.24. The Morgan fingerprint density at radius 2 is 0.700 bits per heavy atom. The standard InChI is InChI=1S/C18H18N2/c1-19-11-7-17(8-12-19)15-3-5-16(6-4-15)18-9-13-20(2)14-10-18/h3-14H,1-2H3/q+2. The van der Waals surface area contributed by atoms with Gasteiger partial charge < -0.3 is 0 Å². The van der Waals surface area contributed by atoms with Crippen LogP contribution in [0.25, 0.3) is 22.3 Å². The molecule has 0 N–H and O–H groups in total. The van der Waals surface area contributed by atoms with Crippen molar-refractivity contribution in [3.05, 3.63) is 73.3 Å². The van der Waals surface area contributed by atoms with E-state index in [0.29, 0.717) is 0 Å². The first-order valence-electron chi connectivity index (χ1n) is 6.74. The van der Waals surface area contributed by atoms with E-state index in [9.17, 15) is 0 Å². The van der Waals surface area contributed by atoms with Crippen molar-refractivity contribution in [3.8, 4) is 22.3 Å². The SMILES string of the molecule is C[n+]1ccc(-c2ccc(-c3cc[n+](C)cc3)cc2)cc1. The summed E-state index contributed by atoms with van der Waals surface area (Å²) < 4.78 is 4.09. The van der Waals surface area contributed by atoms with Crippen LogP contribution in [-0.4, -0.2) is 0 Å². The molecule has 2 nitrogen and oxygen atoms in total. The lowest BCUT2D eigenvalue weighted by molar-refractivity contribution is -0.671. The molecule has 2 heteroatoms. The Balaban J connectivity index is 1.91. The minimum Gasteiger partial charge on any atom is -0.208 e. The summed E-state index contributed by atoms with van der Waals surface area (Å²) in [6.07, 6.45) is 8.28. The molecule has 0 aliphatic heterocycles. The lowest BCUT2D eigenvalue weighted by Gasteiger charge is -2.03. The largest absolute Gasteiger partial charge is 0.208 e. The molecule has 0 fully saturated rings. The quantitative estimate of drug-likeness (QED) is 0.627. The summed E-state index contributed by atoms with van der Waals surface area (Å²) in [5, 5.41) is 0. The molecule has 2 aromatic heterocycles. The normalized spacial score (nSPS) is 10.5. The number of pyridine rings is 2. The van der Waals surface area contributed by atoms with Crippen LogP contribution in [0, 0.1) is 0 Å². The van der Waals surface area contributed by atoms with E-state index in [1.807, 2.05) is 23.2 Å². The van der Waals surface area contributed by atoms with Crippen LogP contribution in [0.3, 0.4) is 0 Å². The zero-order valence-corrected chi connectivity index (χ0v) is 11.8. The number of hydrogen-bond acceptors (Lipinski definition) is 0. The number of rotatable bonds is 2. The van der Waals surface area contributed by atoms with Crippen molar-refractivity contribution >= 4 is 0 Å². The van der Waals surface area contributed by atoms with E-state index in [2.05, 4.69) is 73.3 Å². The summed E-state index contributed by atoms with van der Waals surface area (Å²) in [6.45, 7) is 0. The highest BCUT2D eigenvalue weighted by molar-refractivity contribution is 5.69. The molecule has 0 unspecified atom stereocenters. The third kappa shape index (κ3) is 2.59. The van der Waals surface area contributed by atoms with Crippen LogP contribution in [0.2, 0.25) is 0 Å². The van der Waals surface area contributed by atoms with E-state index < -0.39 is 0 Å². The molecule has 20 heavy (non-hydrogen) atoms. The van der Waals surface area contributed by atoms with Crippen molar-refractivity contribution in [1.29, 1.82) is 0 Å². The maximum atomic E-state index is 2.18. The van der Waals surface area contributed by atoms with Crippen molar-refractivity contribution in [3.63, 3.8) is 0 Å². The number of aromatic nitrogens is 2. The molecule has 0 amide bonds. The van der Waals surface area contributed by atoms with Gasteiger partial charge in [0.2, 0.25) is 0 Å². The van der Waals surface area contributed by atoms with Gasteiger partial charge in [-0.05, 0) is 22.3 Å². The maximum Gasteiger partial charge on any atom is 0.169 e. The van der Waals surface area contributed by atoms with Gasteiger partial charge in [0, 0.05) is 24.3 Å². The zero-order chi connectivity index (χ0) is 13.9. The molecule has 2 heterocycles. The lowest BCUT2D eigenvalue weighted by Crippen LogP contribution is -2.25. The van der Waals surface area contributed by atoms with Gasteiger partial charge in [-0.2, -0.15) is 0 Å². The minimum absolute atomic E-state index is 1.24. The van der Waals surface area contributed by atoms with Gasteiger partial charge in [0.05, 0.1) is 0 Å². The molecule has 0 saturated carbocycles. The Kier molecular flexibility index (Phi) is 3.30. The summed E-state index contributed by atoms with van der Waals surface area (Å²) >= 11 is 0. The number of aryl methyl sites for hydroxylation is 2. The topological polar surface area (TPSA) is 7.76 Å².